The molecule has 103 heavy (non-hydrogen) atoms. The second-order valence-corrected chi connectivity index (χ2v) is 61.7. The van der Waals surface area contributed by atoms with Gasteiger partial charge in [-0.15, -0.1) is 35.3 Å². The van der Waals surface area contributed by atoms with Gasteiger partial charge in [0.2, 0.25) is 5.91 Å². The summed E-state index contributed by atoms with van der Waals surface area (Å²) < 4.78 is 94.5. The van der Waals surface area contributed by atoms with Crippen LogP contribution < -0.4 is 5.32 Å². The summed E-state index contributed by atoms with van der Waals surface area (Å²) in [6, 6.07) is 57.9. The van der Waals surface area contributed by atoms with Crippen LogP contribution in [0, 0.1) is 0 Å². The number of benzene rings is 6. The molecule has 8 rings (SSSR count). The van der Waals surface area contributed by atoms with Crippen molar-refractivity contribution < 1.29 is 68.7 Å². The molecule has 2 fully saturated rings. The number of aryl methyl sites for hydroxylation is 4. The van der Waals surface area contributed by atoms with Gasteiger partial charge in [0, 0.05) is 98.5 Å². The molecule has 2 aliphatic heterocycles. The molecule has 0 spiro atoms. The Balaban J connectivity index is 0.000000251. The summed E-state index contributed by atoms with van der Waals surface area (Å²) in [4.78, 5) is 13.0. The predicted molar refractivity (Wildman–Crippen MR) is 453 cm³/mol. The Hall–Kier alpha value is -2.54. The summed E-state index contributed by atoms with van der Waals surface area (Å²) in [6.07, 6.45) is 3.78. The third kappa shape index (κ3) is 30.0. The van der Waals surface area contributed by atoms with Crippen molar-refractivity contribution in [2.24, 2.45) is 0 Å². The summed E-state index contributed by atoms with van der Waals surface area (Å²) in [7, 11) is -13.5. The molecule has 6 aromatic rings. The molecule has 0 radical (unpaired) electrons. The Labute approximate surface area is 653 Å². The van der Waals surface area contributed by atoms with E-state index in [1.165, 1.54) is 34.0 Å². The molecule has 1 amide bonds. The van der Waals surface area contributed by atoms with Gasteiger partial charge < -0.3 is 69.2 Å². The largest absolute Gasteiger partial charge is 0.500 e. The molecular formula is C71H107NO16S6Si9. The average Bonchev–Trinajstić information content (AvgIpc) is 0.778. The molecule has 2 aliphatic rings. The van der Waals surface area contributed by atoms with Crippen LogP contribution in [0.25, 0.3) is 0 Å². The number of nitrogens with one attached hydrogen (secondary N) is 1. The zero-order chi connectivity index (χ0) is 75.8. The van der Waals surface area contributed by atoms with Crippen molar-refractivity contribution in [2.75, 3.05) is 49.8 Å². The number of thioether (sulfide) groups is 3. The molecule has 32 heteroatoms. The number of hydrogen-bond acceptors (Lipinski definition) is 22. The highest BCUT2D eigenvalue weighted by atomic mass is 32.2. The van der Waals surface area contributed by atoms with E-state index in [0.717, 1.165) is 77.2 Å². The van der Waals surface area contributed by atoms with Gasteiger partial charge in [-0.2, -0.15) is 0 Å². The van der Waals surface area contributed by atoms with Crippen LogP contribution in [-0.2, 0) is 106 Å². The van der Waals surface area contributed by atoms with Crippen LogP contribution in [0.5, 0.6) is 0 Å². The first kappa shape index (κ1) is 89.4. The van der Waals surface area contributed by atoms with Gasteiger partial charge in [0.1, 0.15) is 0 Å². The molecule has 0 aliphatic carbocycles. The number of amides is 1. The first-order valence-electron chi connectivity index (χ1n) is 34.3. The number of carbonyl (C=O) groups is 1. The van der Waals surface area contributed by atoms with Crippen LogP contribution in [0.15, 0.2) is 164 Å². The van der Waals surface area contributed by atoms with Gasteiger partial charge in [-0.25, -0.2) is 0 Å². The van der Waals surface area contributed by atoms with E-state index in [1.807, 2.05) is 158 Å². The monoisotopic (exact) mass is 1670 g/mol. The maximum absolute atomic E-state index is 13.0. The van der Waals surface area contributed by atoms with Crippen molar-refractivity contribution in [3.05, 3.63) is 214 Å². The fourth-order valence-corrected chi connectivity index (χ4v) is 54.2. The van der Waals surface area contributed by atoms with Crippen molar-refractivity contribution in [3.63, 3.8) is 0 Å². The van der Waals surface area contributed by atoms with Gasteiger partial charge in [-0.3, -0.25) is 4.79 Å². The molecule has 564 valence electrons. The minimum absolute atomic E-state index is 0.0148. The molecule has 0 saturated carbocycles. The Bertz CT molecular complexity index is 3600. The first-order chi connectivity index (χ1) is 48.6. The van der Waals surface area contributed by atoms with E-state index >= 15 is 0 Å². The van der Waals surface area contributed by atoms with Gasteiger partial charge in [0.05, 0.1) is 17.8 Å². The SMILES string of the molecule is CO[Si](CCc1ccc(CSC(=S)c2ccccc2)cc1)(OC)OC.CO[Si]1(C)O[Si](C)(C)O[Si](C)(C)O[Si](CCc2ccc(CCC(SC(=S)c3ccccc3)C(=O)NC(C)C)cc2)(OC)O1.CO[Si]1(C)O[Si](C)(C)O[Si](C)(C)O[Si](CCc2ccc(CSC(=S)c3ccccc3)cc2)(OC)O1. The van der Waals surface area contributed by atoms with E-state index in [2.05, 4.69) is 90.2 Å². The summed E-state index contributed by atoms with van der Waals surface area (Å²) in [5.41, 5.74) is 10.4. The molecule has 2 saturated heterocycles. The highest BCUT2D eigenvalue weighted by molar-refractivity contribution is 8.24. The normalized spacial score (nSPS) is 21.7. The fraction of sp³-hybridized carbons (Fsp3) is 0.437. The van der Waals surface area contributed by atoms with Gasteiger partial charge >= 0.3 is 78.3 Å². The molecule has 5 unspecified atom stereocenters. The second-order valence-electron chi connectivity index (χ2n) is 26.9. The minimum Gasteiger partial charge on any atom is -0.416 e. The minimum atomic E-state index is -3.18. The Morgan fingerprint density at radius 2 is 0.728 bits per heavy atom. The van der Waals surface area contributed by atoms with Crippen molar-refractivity contribution in [1.82, 2.24) is 5.32 Å². The molecule has 2 heterocycles. The first-order valence-corrected chi connectivity index (χ1v) is 59.9. The molecule has 5 atom stereocenters. The molecular weight excluding hydrogens is 1570 g/mol. The zero-order valence-corrected chi connectivity index (χ0v) is 77.2. The predicted octanol–water partition coefficient (Wildman–Crippen LogP) is 17.3. The molecule has 0 bridgehead atoms. The summed E-state index contributed by atoms with van der Waals surface area (Å²) in [5.74, 6) is 1.73. The zero-order valence-electron chi connectivity index (χ0n) is 63.3. The van der Waals surface area contributed by atoms with E-state index < -0.39 is 78.3 Å². The van der Waals surface area contributed by atoms with Crippen LogP contribution in [0.4, 0.5) is 0 Å². The van der Waals surface area contributed by atoms with Gasteiger partial charge in [0.25, 0.3) is 0 Å². The maximum Gasteiger partial charge on any atom is 0.500 e. The third-order valence-electron chi connectivity index (χ3n) is 16.3. The second kappa shape index (κ2) is 41.5. The van der Waals surface area contributed by atoms with Crippen LogP contribution >= 0.6 is 71.9 Å². The number of hydrogen-bond donors (Lipinski definition) is 1. The highest BCUT2D eigenvalue weighted by Crippen LogP contribution is 2.37. The van der Waals surface area contributed by atoms with Crippen LogP contribution in [-0.4, -0.2) is 158 Å². The lowest BCUT2D eigenvalue weighted by Gasteiger charge is -2.47. The van der Waals surface area contributed by atoms with Gasteiger partial charge in [0.15, 0.2) is 0 Å². The molecule has 6 aromatic carbocycles. The van der Waals surface area contributed by atoms with E-state index in [0.29, 0.717) is 24.9 Å². The lowest BCUT2D eigenvalue weighted by molar-refractivity contribution is -0.121. The Morgan fingerprint density at radius 3 is 1.06 bits per heavy atom. The molecule has 17 nitrogen and oxygen atoms in total. The number of carbonyl (C=O) groups excluding carboxylic acids is 1. The summed E-state index contributed by atoms with van der Waals surface area (Å²) in [5, 5.41) is 2.78. The van der Waals surface area contributed by atoms with Gasteiger partial charge in [-0.05, 0) is 148 Å². The van der Waals surface area contributed by atoms with E-state index in [9.17, 15) is 4.79 Å². The van der Waals surface area contributed by atoms with E-state index in [4.69, 9.17) is 101 Å². The summed E-state index contributed by atoms with van der Waals surface area (Å²) >= 11 is 21.6. The standard InChI is InChI=1S/C29H47NO7S2Si4.C23H36O6S2Si4.C19H24O3S2Si/c1-23(2)30-28(31)27(39-29(38)26-13-11-10-12-14-26)20-19-24-15-17-25(18-16-24)21-22-43(33-4)36-41(7,8)34-40(5,6)35-42(9,32-3)37-43;1-24-34(7)27-32(3,4)26-33(5,6)28-35(25-2,29-34)18-17-20-13-15-21(16-14-20)19-31-23(30)22-11-9-8-10-12-22;1-20-25(21-2,22-3)14-13-16-9-11-17(12-10-16)15-24-19(23)18-7-5-4-6-8-18/h10-18,23,27H,19-22H2,1-9H3,(H,30,31);8-16H,17-19H2,1-7H3;4-12H,13-15H2,1-3H3. The topological polar surface area (TPSA) is 168 Å². The average molecular weight is 1680 g/mol. The smallest absolute Gasteiger partial charge is 0.416 e. The summed E-state index contributed by atoms with van der Waals surface area (Å²) in [6.45, 7) is 23.8. The van der Waals surface area contributed by atoms with Crippen molar-refractivity contribution >= 4 is 169 Å². The number of thiocarbonyl (C=S) groups is 3. The third-order valence-corrected chi connectivity index (χ3v) is 54.9. The Morgan fingerprint density at radius 1 is 0.408 bits per heavy atom. The highest BCUT2D eigenvalue weighted by Gasteiger charge is 2.60. The van der Waals surface area contributed by atoms with Crippen molar-refractivity contribution in [1.29, 1.82) is 0 Å². The van der Waals surface area contributed by atoms with E-state index in [-0.39, 0.29) is 17.2 Å². The molecule has 1 N–H and O–H groups in total. The van der Waals surface area contributed by atoms with Crippen molar-refractivity contribution in [3.8, 4) is 0 Å². The molecule has 0 aromatic heterocycles. The van der Waals surface area contributed by atoms with E-state index in [1.54, 1.807) is 73.3 Å². The maximum atomic E-state index is 13.0. The Kier molecular flexibility index (Phi) is 36.0. The van der Waals surface area contributed by atoms with Crippen LogP contribution in [0.1, 0.15) is 70.3 Å². The van der Waals surface area contributed by atoms with Crippen LogP contribution in [0.3, 0.4) is 0 Å². The van der Waals surface area contributed by atoms with Crippen LogP contribution in [0.2, 0.25) is 83.6 Å². The lowest BCUT2D eigenvalue weighted by Crippen LogP contribution is -2.68. The number of rotatable bonds is 29. The quantitative estimate of drug-likeness (QED) is 0.0347. The van der Waals surface area contributed by atoms with Crippen molar-refractivity contribution in [2.45, 2.75) is 152 Å². The van der Waals surface area contributed by atoms with Gasteiger partial charge in [-0.1, -0.05) is 200 Å². The lowest BCUT2D eigenvalue weighted by atomic mass is 10.0. The fourth-order valence-electron chi connectivity index (χ4n) is 11.5.